The second kappa shape index (κ2) is 5.04. The van der Waals surface area contributed by atoms with Crippen molar-refractivity contribution in [2.24, 2.45) is 0 Å². The van der Waals surface area contributed by atoms with Gasteiger partial charge in [0.2, 0.25) is 5.91 Å². The lowest BCUT2D eigenvalue weighted by molar-refractivity contribution is -0.133. The van der Waals surface area contributed by atoms with Gasteiger partial charge < -0.3 is 4.90 Å². The Morgan fingerprint density at radius 2 is 2.11 bits per heavy atom. The average Bonchev–Trinajstić information content (AvgIpc) is 2.93. The molecule has 2 saturated heterocycles. The average molecular weight is 268 g/mol. The van der Waals surface area contributed by atoms with Gasteiger partial charge in [-0.3, -0.25) is 10.1 Å². The Hall–Kier alpha value is -0.220. The van der Waals surface area contributed by atoms with Crippen LogP contribution in [0.2, 0.25) is 0 Å². The summed E-state index contributed by atoms with van der Waals surface area (Å²) >= 11 is 2.06. The van der Waals surface area contributed by atoms with Gasteiger partial charge in [0.25, 0.3) is 0 Å². The van der Waals surface area contributed by atoms with E-state index in [0.29, 0.717) is 11.2 Å². The van der Waals surface area contributed by atoms with E-state index in [-0.39, 0.29) is 11.7 Å². The molecule has 0 bridgehead atoms. The molecule has 2 aliphatic heterocycles. The molecule has 2 atom stereocenters. The van der Waals surface area contributed by atoms with Gasteiger partial charge in [-0.2, -0.15) is 11.8 Å². The Kier molecular flexibility index (Phi) is 3.59. The van der Waals surface area contributed by atoms with Crippen molar-refractivity contribution in [1.82, 2.24) is 10.2 Å². The molecule has 18 heavy (non-hydrogen) atoms. The van der Waals surface area contributed by atoms with E-state index in [0.717, 1.165) is 19.4 Å². The molecule has 3 nitrogen and oxygen atoms in total. The molecule has 3 fully saturated rings. The van der Waals surface area contributed by atoms with Crippen molar-refractivity contribution >= 4 is 17.7 Å². The number of hydrogen-bond acceptors (Lipinski definition) is 3. The Balaban J connectivity index is 1.66. The number of carbonyl (C=O) groups excluding carboxylic acids is 1. The first-order chi connectivity index (χ1) is 8.71. The lowest BCUT2D eigenvalue weighted by Crippen LogP contribution is -2.44. The molecular weight excluding hydrogens is 244 g/mol. The minimum atomic E-state index is -0.182. The van der Waals surface area contributed by atoms with Crippen LogP contribution in [0.15, 0.2) is 0 Å². The molecule has 0 radical (unpaired) electrons. The summed E-state index contributed by atoms with van der Waals surface area (Å²) in [5, 5.41) is 4.26. The van der Waals surface area contributed by atoms with Crippen molar-refractivity contribution in [2.75, 3.05) is 12.3 Å². The number of thioether (sulfide) groups is 1. The number of hydrogen-bond donors (Lipinski definition) is 1. The van der Waals surface area contributed by atoms with Gasteiger partial charge in [0.05, 0.1) is 11.7 Å². The summed E-state index contributed by atoms with van der Waals surface area (Å²) in [5.74, 6) is 1.67. The number of nitrogens with one attached hydrogen (secondary N) is 1. The third-order valence-corrected chi connectivity index (χ3v) is 6.13. The number of amides is 1. The second-order valence-corrected chi connectivity index (χ2v) is 7.46. The van der Waals surface area contributed by atoms with Crippen LogP contribution in [0.4, 0.5) is 0 Å². The van der Waals surface area contributed by atoms with E-state index in [1.165, 1.54) is 37.9 Å². The van der Waals surface area contributed by atoms with Crippen LogP contribution in [0.25, 0.3) is 0 Å². The van der Waals surface area contributed by atoms with Crippen LogP contribution in [0.3, 0.4) is 0 Å². The van der Waals surface area contributed by atoms with E-state index in [9.17, 15) is 4.79 Å². The molecule has 1 N–H and O–H groups in total. The minimum Gasteiger partial charge on any atom is -0.325 e. The van der Waals surface area contributed by atoms with Crippen molar-refractivity contribution in [2.45, 2.75) is 68.8 Å². The van der Waals surface area contributed by atoms with Gasteiger partial charge in [0.15, 0.2) is 0 Å². The summed E-state index contributed by atoms with van der Waals surface area (Å²) in [7, 11) is 0. The van der Waals surface area contributed by atoms with Gasteiger partial charge in [-0.25, -0.2) is 0 Å². The third-order valence-electron chi connectivity index (χ3n) is 4.75. The highest BCUT2D eigenvalue weighted by molar-refractivity contribution is 7.99. The lowest BCUT2D eigenvalue weighted by atomic mass is 9.98. The van der Waals surface area contributed by atoms with Crippen molar-refractivity contribution in [3.63, 3.8) is 0 Å². The smallest absolute Gasteiger partial charge is 0.244 e. The van der Waals surface area contributed by atoms with E-state index >= 15 is 0 Å². The van der Waals surface area contributed by atoms with Crippen LogP contribution < -0.4 is 5.32 Å². The fourth-order valence-electron chi connectivity index (χ4n) is 3.74. The molecule has 0 aromatic carbocycles. The summed E-state index contributed by atoms with van der Waals surface area (Å²) in [6.45, 7) is 3.11. The Bertz CT molecular complexity index is 322. The molecule has 0 aromatic heterocycles. The van der Waals surface area contributed by atoms with Crippen LogP contribution in [0, 0.1) is 0 Å². The first kappa shape index (κ1) is 12.8. The van der Waals surface area contributed by atoms with Gasteiger partial charge in [-0.05, 0) is 38.4 Å². The monoisotopic (exact) mass is 268 g/mol. The highest BCUT2D eigenvalue weighted by Gasteiger charge is 2.51. The molecule has 3 rings (SSSR count). The summed E-state index contributed by atoms with van der Waals surface area (Å²) in [6.07, 6.45) is 8.72. The highest BCUT2D eigenvalue weighted by Crippen LogP contribution is 2.37. The summed E-state index contributed by atoms with van der Waals surface area (Å²) in [6, 6.07) is 0. The molecule has 1 amide bonds. The van der Waals surface area contributed by atoms with Gasteiger partial charge in [0, 0.05) is 11.8 Å². The Labute approximate surface area is 114 Å². The maximum Gasteiger partial charge on any atom is 0.244 e. The maximum absolute atomic E-state index is 12.7. The highest BCUT2D eigenvalue weighted by atomic mass is 32.2. The van der Waals surface area contributed by atoms with Gasteiger partial charge >= 0.3 is 0 Å². The zero-order chi connectivity index (χ0) is 12.6. The quantitative estimate of drug-likeness (QED) is 0.834. The molecule has 3 aliphatic rings. The maximum atomic E-state index is 12.7. The molecule has 1 saturated carbocycles. The number of nitrogens with zero attached hydrogens (tertiary/aromatic N) is 1. The molecular formula is C14H24N2OS. The van der Waals surface area contributed by atoms with E-state index in [2.05, 4.69) is 28.9 Å². The molecule has 2 unspecified atom stereocenters. The van der Waals surface area contributed by atoms with Gasteiger partial charge in [0.1, 0.15) is 0 Å². The Morgan fingerprint density at radius 3 is 2.78 bits per heavy atom. The predicted molar refractivity (Wildman–Crippen MR) is 75.6 cm³/mol. The van der Waals surface area contributed by atoms with Crippen LogP contribution >= 0.6 is 11.8 Å². The standard InChI is InChI=1S/C14H24N2OS/c1-11-15-14(7-3-4-8-14)13(17)16(11)10-12-6-2-5-9-18-12/h11-12,15H,2-10H2,1H3. The molecule has 102 valence electrons. The number of carbonyl (C=O) groups is 1. The minimum absolute atomic E-state index is 0.182. The van der Waals surface area contributed by atoms with Gasteiger partial charge in [-0.15, -0.1) is 0 Å². The summed E-state index contributed by atoms with van der Waals surface area (Å²) in [4.78, 5) is 14.8. The predicted octanol–water partition coefficient (Wildman–Crippen LogP) is 2.36. The molecule has 2 heterocycles. The number of rotatable bonds is 2. The van der Waals surface area contributed by atoms with E-state index < -0.39 is 0 Å². The Morgan fingerprint density at radius 1 is 1.33 bits per heavy atom. The van der Waals surface area contributed by atoms with E-state index in [4.69, 9.17) is 0 Å². The topological polar surface area (TPSA) is 32.3 Å². The fraction of sp³-hybridized carbons (Fsp3) is 0.929. The third kappa shape index (κ3) is 2.18. The van der Waals surface area contributed by atoms with Crippen molar-refractivity contribution < 1.29 is 4.79 Å². The van der Waals surface area contributed by atoms with Crippen molar-refractivity contribution in [1.29, 1.82) is 0 Å². The first-order valence-corrected chi connectivity index (χ1v) is 8.46. The normalized spacial score (nSPS) is 35.6. The van der Waals surface area contributed by atoms with E-state index in [1.807, 2.05) is 0 Å². The van der Waals surface area contributed by atoms with Crippen LogP contribution in [0.5, 0.6) is 0 Å². The summed E-state index contributed by atoms with van der Waals surface area (Å²) < 4.78 is 0. The SMILES string of the molecule is CC1NC2(CCCC2)C(=O)N1CC1CCCCS1. The van der Waals surface area contributed by atoms with Crippen LogP contribution in [-0.2, 0) is 4.79 Å². The molecule has 4 heteroatoms. The summed E-state index contributed by atoms with van der Waals surface area (Å²) in [5.41, 5.74) is -0.182. The van der Waals surface area contributed by atoms with Crippen molar-refractivity contribution in [3.05, 3.63) is 0 Å². The lowest BCUT2D eigenvalue weighted by Gasteiger charge is -2.29. The first-order valence-electron chi connectivity index (χ1n) is 7.42. The zero-order valence-electron chi connectivity index (χ0n) is 11.3. The second-order valence-electron chi connectivity index (χ2n) is 6.06. The van der Waals surface area contributed by atoms with Crippen molar-refractivity contribution in [3.8, 4) is 0 Å². The van der Waals surface area contributed by atoms with Crippen LogP contribution in [0.1, 0.15) is 51.9 Å². The molecule has 1 spiro atoms. The van der Waals surface area contributed by atoms with Gasteiger partial charge in [-0.1, -0.05) is 19.3 Å². The molecule has 1 aliphatic carbocycles. The van der Waals surface area contributed by atoms with Crippen LogP contribution in [-0.4, -0.2) is 40.1 Å². The zero-order valence-corrected chi connectivity index (χ0v) is 12.1. The molecule has 0 aromatic rings. The van der Waals surface area contributed by atoms with E-state index in [1.54, 1.807) is 0 Å². The largest absolute Gasteiger partial charge is 0.325 e. The fourth-order valence-corrected chi connectivity index (χ4v) is 5.04.